The van der Waals surface area contributed by atoms with Gasteiger partial charge in [0, 0.05) is 12.1 Å². The van der Waals surface area contributed by atoms with E-state index in [9.17, 15) is 10.8 Å². The molecule has 2 aliphatic carbocycles. The number of hydrogen-bond donors (Lipinski definition) is 0. The summed E-state index contributed by atoms with van der Waals surface area (Å²) < 4.78 is 0. The zero-order valence-corrected chi connectivity index (χ0v) is 6.36. The average Bonchev–Trinajstić information content (AvgIpc) is 2.07. The Balaban J connectivity index is 3.31. The Morgan fingerprint density at radius 2 is 1.75 bits per heavy atom. The van der Waals surface area contributed by atoms with Crippen molar-refractivity contribution >= 4 is 0 Å². The van der Waals surface area contributed by atoms with E-state index >= 15 is 0 Å². The fraction of sp³-hybridized carbons (Fsp3) is 0. The molecule has 2 nitrogen and oxygen atoms in total. The largest absolute Gasteiger partial charge is 0.783 e. The highest BCUT2D eigenvalue weighted by molar-refractivity contribution is 5.17. The van der Waals surface area contributed by atoms with E-state index in [1.807, 2.05) is 0 Å². The van der Waals surface area contributed by atoms with Crippen molar-refractivity contribution in [2.75, 3.05) is 0 Å². The van der Waals surface area contributed by atoms with Crippen molar-refractivity contribution < 1.29 is 0 Å². The standard InChI is InChI=1S/C10H6N2/c11-9-5-1-3-7-8(9)4-2-6-10(7)12/h1-6H. The third-order valence-electron chi connectivity index (χ3n) is 1.88. The van der Waals surface area contributed by atoms with Crippen LogP contribution in [0.3, 0.4) is 0 Å². The van der Waals surface area contributed by atoms with Gasteiger partial charge < -0.3 is 10.8 Å². The molecular weight excluding hydrogens is 148 g/mol. The Labute approximate surface area is 69.1 Å². The molecule has 0 radical (unpaired) electrons. The molecular formula is C10H6N2. The molecule has 0 fully saturated rings. The Kier molecular flexibility index (Phi) is 1.40. The lowest BCUT2D eigenvalue weighted by atomic mass is 10.2. The molecule has 0 bridgehead atoms. The summed E-state index contributed by atoms with van der Waals surface area (Å²) >= 11 is 0. The van der Waals surface area contributed by atoms with Crippen molar-refractivity contribution in [1.29, 1.82) is 0 Å². The van der Waals surface area contributed by atoms with E-state index < -0.39 is 0 Å². The van der Waals surface area contributed by atoms with Gasteiger partial charge in [-0.25, -0.2) is 0 Å². The van der Waals surface area contributed by atoms with Crippen LogP contribution >= 0.6 is 0 Å². The maximum absolute atomic E-state index is 9.38. The smallest absolute Gasteiger partial charge is 0.189 e. The molecule has 56 valence electrons. The molecule has 0 aliphatic heterocycles. The van der Waals surface area contributed by atoms with E-state index in [1.54, 1.807) is 36.4 Å². The minimum atomic E-state index is 0.198. The zero-order chi connectivity index (χ0) is 8.55. The van der Waals surface area contributed by atoms with Gasteiger partial charge in [-0.2, -0.15) is 0 Å². The number of nitrogens with zero attached hydrogens (tertiary/aromatic N) is 2. The highest BCUT2D eigenvalue weighted by atomic mass is 14.4. The molecule has 0 spiro atoms. The van der Waals surface area contributed by atoms with Gasteiger partial charge in [0.05, 0.1) is 29.6 Å². The molecule has 0 aromatic heterocycles. The molecule has 0 unspecified atom stereocenters. The second-order valence-electron chi connectivity index (χ2n) is 2.65. The number of hydrogen-bond acceptors (Lipinski definition) is 0. The number of rotatable bonds is 0. The lowest BCUT2D eigenvalue weighted by Gasteiger charge is -1.85. The van der Waals surface area contributed by atoms with E-state index in [2.05, 4.69) is 0 Å². The Morgan fingerprint density at radius 1 is 1.00 bits per heavy atom. The minimum Gasteiger partial charge on any atom is -0.783 e. The van der Waals surface area contributed by atoms with Gasteiger partial charge >= 0.3 is 0 Å². The van der Waals surface area contributed by atoms with Crippen LogP contribution in [0.1, 0.15) is 0 Å². The maximum atomic E-state index is 9.38. The molecule has 0 N–H and O–H groups in total. The van der Waals surface area contributed by atoms with Crippen molar-refractivity contribution in [3.05, 3.63) is 68.4 Å². The van der Waals surface area contributed by atoms with Crippen LogP contribution in [0.5, 0.6) is 0 Å². The molecule has 0 saturated carbocycles. The van der Waals surface area contributed by atoms with Crippen molar-refractivity contribution in [2.45, 2.75) is 0 Å². The van der Waals surface area contributed by atoms with Crippen molar-refractivity contribution in [3.63, 3.8) is 0 Å². The first kappa shape index (κ1) is 6.98. The summed E-state index contributed by atoms with van der Waals surface area (Å²) in [5.41, 5.74) is 0. The summed E-state index contributed by atoms with van der Waals surface area (Å²) in [5.74, 6) is 0. The molecule has 0 heterocycles. The van der Waals surface area contributed by atoms with Gasteiger partial charge in [-0.05, 0) is 5.36 Å². The second kappa shape index (κ2) is 2.41. The van der Waals surface area contributed by atoms with Gasteiger partial charge in [0.25, 0.3) is 0 Å². The van der Waals surface area contributed by atoms with Crippen LogP contribution in [0, 0.1) is 10.4 Å². The van der Waals surface area contributed by atoms with E-state index in [0.29, 0.717) is 10.4 Å². The lowest BCUT2D eigenvalue weighted by Crippen LogP contribution is -2.07. The normalized spacial score (nSPS) is 10.3. The van der Waals surface area contributed by atoms with Gasteiger partial charge in [0.2, 0.25) is 0 Å². The van der Waals surface area contributed by atoms with Crippen LogP contribution in [0.15, 0.2) is 36.4 Å². The van der Waals surface area contributed by atoms with Gasteiger partial charge in [0.1, 0.15) is 0 Å². The van der Waals surface area contributed by atoms with Crippen LogP contribution in [0.25, 0.3) is 10.8 Å². The SMILES string of the molecule is [N-]=c1cc[cH+]c2c(=[N-])[cH+]ccc1=2. The van der Waals surface area contributed by atoms with E-state index in [0.717, 1.165) is 0 Å². The molecule has 0 atom stereocenters. The molecule has 0 aromatic carbocycles. The summed E-state index contributed by atoms with van der Waals surface area (Å²) in [6.45, 7) is 0. The minimum absolute atomic E-state index is 0.198. The summed E-state index contributed by atoms with van der Waals surface area (Å²) in [6.07, 6.45) is 0. The first-order valence-corrected chi connectivity index (χ1v) is 3.69. The summed E-state index contributed by atoms with van der Waals surface area (Å²) in [6, 6.07) is 10.1. The summed E-state index contributed by atoms with van der Waals surface area (Å²) in [4.78, 5) is 0. The van der Waals surface area contributed by atoms with Crippen LogP contribution < -0.4 is 10.7 Å². The Bertz CT molecular complexity index is 507. The Morgan fingerprint density at radius 3 is 2.50 bits per heavy atom. The van der Waals surface area contributed by atoms with Crippen LogP contribution in [0.4, 0.5) is 0 Å². The first-order chi connectivity index (χ1) is 5.79. The highest BCUT2D eigenvalue weighted by Gasteiger charge is 1.98. The first-order valence-electron chi connectivity index (χ1n) is 3.69. The fourth-order valence-electron chi connectivity index (χ4n) is 1.28. The quantitative estimate of drug-likeness (QED) is 0.503. The molecule has 2 aliphatic rings. The van der Waals surface area contributed by atoms with Crippen LogP contribution in [-0.4, -0.2) is 0 Å². The van der Waals surface area contributed by atoms with Crippen LogP contribution in [0.2, 0.25) is 0 Å². The predicted octanol–water partition coefficient (Wildman–Crippen LogP) is 0.789. The fourth-order valence-corrected chi connectivity index (χ4v) is 1.28. The van der Waals surface area contributed by atoms with E-state index in [1.165, 1.54) is 0 Å². The second-order valence-corrected chi connectivity index (χ2v) is 2.65. The lowest BCUT2D eigenvalue weighted by molar-refractivity contribution is 1.37. The van der Waals surface area contributed by atoms with Gasteiger partial charge in [0.15, 0.2) is 10.4 Å². The van der Waals surface area contributed by atoms with Crippen LogP contribution in [-0.2, 0) is 0 Å². The Hall–Kier alpha value is -1.70. The third kappa shape index (κ3) is 0.889. The monoisotopic (exact) mass is 154 g/mol. The van der Waals surface area contributed by atoms with Crippen molar-refractivity contribution in [2.24, 2.45) is 0 Å². The van der Waals surface area contributed by atoms with Gasteiger partial charge in [-0.15, -0.1) is 0 Å². The summed E-state index contributed by atoms with van der Waals surface area (Å²) in [5, 5.41) is 20.5. The van der Waals surface area contributed by atoms with Gasteiger partial charge in [-0.1, -0.05) is 0 Å². The highest BCUT2D eigenvalue weighted by Crippen LogP contribution is 1.88. The third-order valence-corrected chi connectivity index (χ3v) is 1.88. The molecule has 12 heavy (non-hydrogen) atoms. The molecule has 2 heteroatoms. The average molecular weight is 154 g/mol. The van der Waals surface area contributed by atoms with Crippen molar-refractivity contribution in [1.82, 2.24) is 0 Å². The maximum Gasteiger partial charge on any atom is 0.189 e. The molecule has 0 amide bonds. The predicted molar refractivity (Wildman–Crippen MR) is 45.9 cm³/mol. The zero-order valence-electron chi connectivity index (χ0n) is 6.36. The van der Waals surface area contributed by atoms with Crippen molar-refractivity contribution in [3.8, 4) is 0 Å². The topological polar surface area (TPSA) is 44.6 Å². The van der Waals surface area contributed by atoms with E-state index in [-0.39, 0.29) is 10.7 Å². The molecule has 0 aromatic rings. The summed E-state index contributed by atoms with van der Waals surface area (Å²) in [7, 11) is 0. The van der Waals surface area contributed by atoms with E-state index in [4.69, 9.17) is 0 Å². The molecule has 2 rings (SSSR count). The van der Waals surface area contributed by atoms with Gasteiger partial charge in [-0.3, -0.25) is 0 Å². The molecule has 0 saturated heterocycles.